The van der Waals surface area contributed by atoms with Crippen LogP contribution in [0.25, 0.3) is 0 Å². The van der Waals surface area contributed by atoms with E-state index in [1.165, 1.54) is 18.2 Å². The third-order valence-electron chi connectivity index (χ3n) is 4.50. The second kappa shape index (κ2) is 7.05. The van der Waals surface area contributed by atoms with Gasteiger partial charge in [-0.3, -0.25) is 9.69 Å². The monoisotopic (exact) mass is 290 g/mol. The predicted molar refractivity (Wildman–Crippen MR) is 83.9 cm³/mol. The van der Waals surface area contributed by atoms with E-state index in [9.17, 15) is 4.79 Å². The lowest BCUT2D eigenvalue weighted by atomic mass is 9.95. The number of ether oxygens (including phenoxy) is 1. The maximum Gasteiger partial charge on any atom is 0.325 e. The Bertz CT molecular complexity index is 464. The van der Waals surface area contributed by atoms with Crippen molar-refractivity contribution in [2.24, 2.45) is 0 Å². The normalized spacial score (nSPS) is 17.3. The molecular formula is C17H26N2O2. The zero-order valence-corrected chi connectivity index (χ0v) is 13.3. The number of nitrogens with one attached hydrogen (secondary N) is 1. The minimum Gasteiger partial charge on any atom is -0.468 e. The van der Waals surface area contributed by atoms with Gasteiger partial charge in [0.05, 0.1) is 7.11 Å². The van der Waals surface area contributed by atoms with Crippen LogP contribution in [-0.2, 0) is 22.6 Å². The molecule has 1 aliphatic rings. The second-order valence-corrected chi connectivity index (χ2v) is 6.01. The summed E-state index contributed by atoms with van der Waals surface area (Å²) < 4.78 is 4.87. The van der Waals surface area contributed by atoms with Crippen molar-refractivity contribution in [1.29, 1.82) is 0 Å². The van der Waals surface area contributed by atoms with Crippen LogP contribution in [0.15, 0.2) is 24.3 Å². The zero-order valence-electron chi connectivity index (χ0n) is 13.3. The van der Waals surface area contributed by atoms with Crippen molar-refractivity contribution in [3.05, 3.63) is 35.4 Å². The molecule has 1 aliphatic heterocycles. The SMILES string of the molecule is CNC(C)(CCCCN1Cc2ccccc2C1)C(=O)OC. The molecule has 1 atom stereocenters. The van der Waals surface area contributed by atoms with Crippen molar-refractivity contribution in [3.8, 4) is 0 Å². The van der Waals surface area contributed by atoms with Crippen LogP contribution in [0.3, 0.4) is 0 Å². The van der Waals surface area contributed by atoms with E-state index in [1.807, 2.05) is 14.0 Å². The number of benzene rings is 1. The summed E-state index contributed by atoms with van der Waals surface area (Å²) in [6, 6.07) is 8.64. The van der Waals surface area contributed by atoms with Crippen molar-refractivity contribution in [1.82, 2.24) is 10.2 Å². The summed E-state index contributed by atoms with van der Waals surface area (Å²) in [5.74, 6) is -0.182. The first kappa shape index (κ1) is 16.0. The van der Waals surface area contributed by atoms with Gasteiger partial charge in [0, 0.05) is 13.1 Å². The van der Waals surface area contributed by atoms with Crippen LogP contribution >= 0.6 is 0 Å². The Balaban J connectivity index is 1.73. The highest BCUT2D eigenvalue weighted by Crippen LogP contribution is 2.23. The van der Waals surface area contributed by atoms with Crippen LogP contribution in [0.1, 0.15) is 37.3 Å². The van der Waals surface area contributed by atoms with Crippen LogP contribution in [0.2, 0.25) is 0 Å². The minimum atomic E-state index is -0.567. The molecule has 4 heteroatoms. The van der Waals surface area contributed by atoms with Gasteiger partial charge in [-0.05, 0) is 50.9 Å². The molecule has 0 aliphatic carbocycles. The minimum absolute atomic E-state index is 0.182. The third-order valence-corrected chi connectivity index (χ3v) is 4.50. The molecule has 0 fully saturated rings. The van der Waals surface area contributed by atoms with Crippen LogP contribution in [-0.4, -0.2) is 37.1 Å². The first-order chi connectivity index (χ1) is 10.1. The number of fused-ring (bicyclic) bond motifs is 1. The Morgan fingerprint density at radius 3 is 2.43 bits per heavy atom. The van der Waals surface area contributed by atoms with Crippen LogP contribution in [0.5, 0.6) is 0 Å². The summed E-state index contributed by atoms with van der Waals surface area (Å²) >= 11 is 0. The van der Waals surface area contributed by atoms with E-state index < -0.39 is 5.54 Å². The number of carbonyl (C=O) groups excluding carboxylic acids is 1. The fourth-order valence-electron chi connectivity index (χ4n) is 2.93. The van der Waals surface area contributed by atoms with Gasteiger partial charge in [-0.1, -0.05) is 24.3 Å². The molecule has 0 aromatic heterocycles. The average Bonchev–Trinajstić information content (AvgIpc) is 2.93. The summed E-state index contributed by atoms with van der Waals surface area (Å²) in [5.41, 5.74) is 2.34. The van der Waals surface area contributed by atoms with Crippen molar-refractivity contribution >= 4 is 5.97 Å². The quantitative estimate of drug-likeness (QED) is 0.618. The summed E-state index contributed by atoms with van der Waals surface area (Å²) in [6.07, 6.45) is 2.92. The number of unbranched alkanes of at least 4 members (excludes halogenated alkanes) is 1. The first-order valence-corrected chi connectivity index (χ1v) is 7.65. The smallest absolute Gasteiger partial charge is 0.325 e. The Morgan fingerprint density at radius 1 is 1.29 bits per heavy atom. The first-order valence-electron chi connectivity index (χ1n) is 7.65. The molecule has 2 rings (SSSR count). The maximum absolute atomic E-state index is 11.8. The molecule has 1 aromatic rings. The van der Waals surface area contributed by atoms with Gasteiger partial charge in [0.15, 0.2) is 0 Å². The average molecular weight is 290 g/mol. The van der Waals surface area contributed by atoms with Gasteiger partial charge in [-0.2, -0.15) is 0 Å². The lowest BCUT2D eigenvalue weighted by molar-refractivity contribution is -0.148. The molecule has 0 radical (unpaired) electrons. The van der Waals surface area contributed by atoms with Gasteiger partial charge in [-0.25, -0.2) is 0 Å². The molecule has 21 heavy (non-hydrogen) atoms. The summed E-state index contributed by atoms with van der Waals surface area (Å²) in [5, 5.41) is 3.08. The van der Waals surface area contributed by atoms with E-state index in [0.717, 1.165) is 38.9 Å². The molecular weight excluding hydrogens is 264 g/mol. The summed E-state index contributed by atoms with van der Waals surface area (Å²) in [4.78, 5) is 14.2. The fraction of sp³-hybridized carbons (Fsp3) is 0.588. The molecule has 0 spiro atoms. The maximum atomic E-state index is 11.8. The molecule has 4 nitrogen and oxygen atoms in total. The van der Waals surface area contributed by atoms with E-state index in [0.29, 0.717) is 0 Å². The highest BCUT2D eigenvalue weighted by molar-refractivity contribution is 5.80. The highest BCUT2D eigenvalue weighted by Gasteiger charge is 2.31. The Morgan fingerprint density at radius 2 is 1.90 bits per heavy atom. The van der Waals surface area contributed by atoms with Gasteiger partial charge in [0.25, 0.3) is 0 Å². The fourth-order valence-corrected chi connectivity index (χ4v) is 2.93. The Hall–Kier alpha value is -1.39. The molecule has 1 heterocycles. The standard InChI is InChI=1S/C17H26N2O2/c1-17(18-2,16(20)21-3)10-6-7-11-19-12-14-8-4-5-9-15(14)13-19/h4-5,8-9,18H,6-7,10-13H2,1-3H3. The Kier molecular flexibility index (Phi) is 5.37. The van der Waals surface area contributed by atoms with Gasteiger partial charge in [0.1, 0.15) is 5.54 Å². The van der Waals surface area contributed by atoms with Crippen LogP contribution in [0, 0.1) is 0 Å². The molecule has 0 saturated heterocycles. The highest BCUT2D eigenvalue weighted by atomic mass is 16.5. The Labute approximate surface area is 127 Å². The van der Waals surface area contributed by atoms with E-state index in [4.69, 9.17) is 4.74 Å². The number of hydrogen-bond acceptors (Lipinski definition) is 4. The zero-order chi connectivity index (χ0) is 15.3. The van der Waals surface area contributed by atoms with E-state index in [-0.39, 0.29) is 5.97 Å². The van der Waals surface area contributed by atoms with Crippen molar-refractivity contribution < 1.29 is 9.53 Å². The molecule has 0 saturated carbocycles. The van der Waals surface area contributed by atoms with E-state index in [2.05, 4.69) is 34.5 Å². The molecule has 0 bridgehead atoms. The molecule has 1 aromatic carbocycles. The van der Waals surface area contributed by atoms with Crippen molar-refractivity contribution in [2.45, 2.75) is 44.8 Å². The summed E-state index contributed by atoms with van der Waals surface area (Å²) in [7, 11) is 3.26. The molecule has 0 amide bonds. The van der Waals surface area contributed by atoms with E-state index >= 15 is 0 Å². The van der Waals surface area contributed by atoms with Gasteiger partial charge < -0.3 is 10.1 Å². The number of likely N-dealkylation sites (N-methyl/N-ethyl adjacent to an activating group) is 1. The second-order valence-electron chi connectivity index (χ2n) is 6.01. The molecule has 116 valence electrons. The number of rotatable bonds is 7. The number of methoxy groups -OCH3 is 1. The largest absolute Gasteiger partial charge is 0.468 e. The number of hydrogen-bond donors (Lipinski definition) is 1. The topological polar surface area (TPSA) is 41.6 Å². The number of carbonyl (C=O) groups is 1. The van der Waals surface area contributed by atoms with Gasteiger partial charge in [0.2, 0.25) is 0 Å². The third kappa shape index (κ3) is 3.83. The van der Waals surface area contributed by atoms with Crippen LogP contribution in [0.4, 0.5) is 0 Å². The predicted octanol–water partition coefficient (Wildman–Crippen LogP) is 2.32. The van der Waals surface area contributed by atoms with Crippen LogP contribution < -0.4 is 5.32 Å². The lowest BCUT2D eigenvalue weighted by Gasteiger charge is -2.26. The van der Waals surface area contributed by atoms with Crippen molar-refractivity contribution in [3.63, 3.8) is 0 Å². The number of esters is 1. The lowest BCUT2D eigenvalue weighted by Crippen LogP contribution is -2.48. The number of nitrogens with zero attached hydrogens (tertiary/aromatic N) is 1. The van der Waals surface area contributed by atoms with Crippen molar-refractivity contribution in [2.75, 3.05) is 20.7 Å². The summed E-state index contributed by atoms with van der Waals surface area (Å²) in [6.45, 7) is 5.09. The van der Waals surface area contributed by atoms with Gasteiger partial charge >= 0.3 is 5.97 Å². The van der Waals surface area contributed by atoms with E-state index in [1.54, 1.807) is 0 Å². The molecule has 1 unspecified atom stereocenters. The molecule has 1 N–H and O–H groups in total. The van der Waals surface area contributed by atoms with Gasteiger partial charge in [-0.15, -0.1) is 0 Å².